The number of nitrogens with zero attached hydrogens (tertiary/aromatic N) is 1. The van der Waals surface area contributed by atoms with E-state index in [9.17, 15) is 4.79 Å². The second-order valence-corrected chi connectivity index (χ2v) is 5.54. The SMILES string of the molecule is Cc1cc(NC(=O)c2ccc(C3CC3)cc2)cnc1Cl. The van der Waals surface area contributed by atoms with Crippen molar-refractivity contribution in [2.75, 3.05) is 5.32 Å². The molecule has 4 heteroatoms. The van der Waals surface area contributed by atoms with Crippen molar-refractivity contribution in [3.63, 3.8) is 0 Å². The van der Waals surface area contributed by atoms with Gasteiger partial charge in [0, 0.05) is 5.56 Å². The Morgan fingerprint density at radius 2 is 2.00 bits per heavy atom. The zero-order valence-electron chi connectivity index (χ0n) is 11.2. The first kappa shape index (κ1) is 13.1. The fourth-order valence-corrected chi connectivity index (χ4v) is 2.26. The molecule has 1 saturated carbocycles. The van der Waals surface area contributed by atoms with E-state index in [1.807, 2.05) is 37.3 Å². The van der Waals surface area contributed by atoms with E-state index in [4.69, 9.17) is 11.6 Å². The molecule has 3 nitrogen and oxygen atoms in total. The number of hydrogen-bond donors (Lipinski definition) is 1. The first-order valence-electron chi connectivity index (χ1n) is 6.67. The third-order valence-corrected chi connectivity index (χ3v) is 3.89. The largest absolute Gasteiger partial charge is 0.321 e. The quantitative estimate of drug-likeness (QED) is 0.860. The number of aryl methyl sites for hydroxylation is 1. The van der Waals surface area contributed by atoms with E-state index < -0.39 is 0 Å². The molecule has 20 heavy (non-hydrogen) atoms. The minimum atomic E-state index is -0.129. The number of halogens is 1. The molecule has 1 heterocycles. The summed E-state index contributed by atoms with van der Waals surface area (Å²) in [4.78, 5) is 16.2. The maximum Gasteiger partial charge on any atom is 0.255 e. The van der Waals surface area contributed by atoms with Crippen LogP contribution in [0.4, 0.5) is 5.69 Å². The van der Waals surface area contributed by atoms with E-state index in [0.29, 0.717) is 22.3 Å². The van der Waals surface area contributed by atoms with Gasteiger partial charge in [-0.1, -0.05) is 23.7 Å². The van der Waals surface area contributed by atoms with Crippen molar-refractivity contribution < 1.29 is 4.79 Å². The number of anilines is 1. The van der Waals surface area contributed by atoms with Crippen LogP contribution in [0.15, 0.2) is 36.5 Å². The Kier molecular flexibility index (Phi) is 3.45. The minimum absolute atomic E-state index is 0.129. The summed E-state index contributed by atoms with van der Waals surface area (Å²) in [5.74, 6) is 0.575. The van der Waals surface area contributed by atoms with Gasteiger partial charge in [0.05, 0.1) is 11.9 Å². The van der Waals surface area contributed by atoms with E-state index in [1.165, 1.54) is 18.4 Å². The molecule has 1 aromatic carbocycles. The molecule has 0 radical (unpaired) electrons. The number of hydrogen-bond acceptors (Lipinski definition) is 2. The van der Waals surface area contributed by atoms with Crippen LogP contribution in [0, 0.1) is 6.92 Å². The number of carbonyl (C=O) groups excluding carboxylic acids is 1. The van der Waals surface area contributed by atoms with Gasteiger partial charge in [-0.2, -0.15) is 0 Å². The summed E-state index contributed by atoms with van der Waals surface area (Å²) in [7, 11) is 0. The lowest BCUT2D eigenvalue weighted by Gasteiger charge is -2.07. The van der Waals surface area contributed by atoms with Gasteiger partial charge in [-0.25, -0.2) is 4.98 Å². The summed E-state index contributed by atoms with van der Waals surface area (Å²) in [6, 6.07) is 9.64. The second kappa shape index (κ2) is 5.25. The van der Waals surface area contributed by atoms with Gasteiger partial charge in [0.25, 0.3) is 5.91 Å². The molecule has 0 aliphatic heterocycles. The number of rotatable bonds is 3. The van der Waals surface area contributed by atoms with Crippen molar-refractivity contribution in [1.29, 1.82) is 0 Å². The molecule has 0 spiro atoms. The summed E-state index contributed by atoms with van der Waals surface area (Å²) in [5.41, 5.74) is 3.48. The summed E-state index contributed by atoms with van der Waals surface area (Å²) in [6.45, 7) is 1.86. The van der Waals surface area contributed by atoms with E-state index in [2.05, 4.69) is 10.3 Å². The number of carbonyl (C=O) groups is 1. The topological polar surface area (TPSA) is 42.0 Å². The van der Waals surface area contributed by atoms with Crippen molar-refractivity contribution in [3.05, 3.63) is 58.4 Å². The Bertz CT molecular complexity index is 648. The Balaban J connectivity index is 1.73. The molecule has 0 unspecified atom stereocenters. The maximum atomic E-state index is 12.1. The molecule has 1 fully saturated rings. The van der Waals surface area contributed by atoms with E-state index in [1.54, 1.807) is 6.20 Å². The number of nitrogens with one attached hydrogen (secondary N) is 1. The van der Waals surface area contributed by atoms with Crippen LogP contribution in [0.2, 0.25) is 5.15 Å². The van der Waals surface area contributed by atoms with Crippen LogP contribution >= 0.6 is 11.6 Å². The predicted octanol–water partition coefficient (Wildman–Crippen LogP) is 4.17. The third kappa shape index (κ3) is 2.83. The molecule has 1 aliphatic carbocycles. The second-order valence-electron chi connectivity index (χ2n) is 5.18. The summed E-state index contributed by atoms with van der Waals surface area (Å²) in [5, 5.41) is 3.29. The van der Waals surface area contributed by atoms with Gasteiger partial charge >= 0.3 is 0 Å². The number of pyridine rings is 1. The normalized spacial score (nSPS) is 14.1. The Morgan fingerprint density at radius 3 is 2.60 bits per heavy atom. The summed E-state index contributed by atoms with van der Waals surface area (Å²) < 4.78 is 0. The van der Waals surface area contributed by atoms with Crippen LogP contribution in [-0.2, 0) is 0 Å². The molecule has 1 aliphatic rings. The average Bonchev–Trinajstić information content (AvgIpc) is 3.28. The highest BCUT2D eigenvalue weighted by atomic mass is 35.5. The molecular formula is C16H15ClN2O. The molecule has 102 valence electrons. The summed E-state index contributed by atoms with van der Waals surface area (Å²) >= 11 is 5.86. The van der Waals surface area contributed by atoms with Crippen LogP contribution in [0.5, 0.6) is 0 Å². The maximum absolute atomic E-state index is 12.1. The zero-order valence-corrected chi connectivity index (χ0v) is 11.9. The zero-order chi connectivity index (χ0) is 14.1. The highest BCUT2D eigenvalue weighted by Crippen LogP contribution is 2.39. The standard InChI is InChI=1S/C16H15ClN2O/c1-10-8-14(9-18-15(10)17)19-16(20)13-6-4-12(5-7-13)11-2-3-11/h4-9,11H,2-3H2,1H3,(H,19,20). The van der Waals surface area contributed by atoms with Gasteiger partial charge < -0.3 is 5.32 Å². The molecule has 0 atom stereocenters. The third-order valence-electron chi connectivity index (χ3n) is 3.49. The first-order chi connectivity index (χ1) is 9.63. The monoisotopic (exact) mass is 286 g/mol. The fourth-order valence-electron chi connectivity index (χ4n) is 2.15. The van der Waals surface area contributed by atoms with Crippen molar-refractivity contribution in [2.45, 2.75) is 25.7 Å². The molecule has 2 aromatic rings. The molecule has 1 aromatic heterocycles. The molecule has 0 saturated heterocycles. The lowest BCUT2D eigenvalue weighted by Crippen LogP contribution is -2.12. The van der Waals surface area contributed by atoms with Gasteiger partial charge in [0.1, 0.15) is 5.15 Å². The minimum Gasteiger partial charge on any atom is -0.321 e. The number of benzene rings is 1. The highest BCUT2D eigenvalue weighted by molar-refractivity contribution is 6.30. The Morgan fingerprint density at radius 1 is 1.30 bits per heavy atom. The first-order valence-corrected chi connectivity index (χ1v) is 7.05. The van der Waals surface area contributed by atoms with E-state index in [-0.39, 0.29) is 5.91 Å². The molecule has 1 amide bonds. The van der Waals surface area contributed by atoms with Crippen molar-refractivity contribution in [1.82, 2.24) is 4.98 Å². The molecule has 0 bridgehead atoms. The highest BCUT2D eigenvalue weighted by Gasteiger charge is 2.23. The van der Waals surface area contributed by atoms with Gasteiger partial charge in [0.2, 0.25) is 0 Å². The van der Waals surface area contributed by atoms with Gasteiger partial charge in [0.15, 0.2) is 0 Å². The van der Waals surface area contributed by atoms with Crippen molar-refractivity contribution >= 4 is 23.2 Å². The van der Waals surface area contributed by atoms with Crippen LogP contribution in [0.1, 0.15) is 40.2 Å². The van der Waals surface area contributed by atoms with E-state index >= 15 is 0 Å². The lowest BCUT2D eigenvalue weighted by molar-refractivity contribution is 0.102. The predicted molar refractivity (Wildman–Crippen MR) is 80.4 cm³/mol. The van der Waals surface area contributed by atoms with Crippen molar-refractivity contribution in [3.8, 4) is 0 Å². The van der Waals surface area contributed by atoms with Gasteiger partial charge in [-0.05, 0) is 55.0 Å². The van der Waals surface area contributed by atoms with E-state index in [0.717, 1.165) is 5.56 Å². The lowest BCUT2D eigenvalue weighted by atomic mass is 10.1. The Hall–Kier alpha value is -1.87. The van der Waals surface area contributed by atoms with Crippen molar-refractivity contribution in [2.24, 2.45) is 0 Å². The van der Waals surface area contributed by atoms with Crippen LogP contribution < -0.4 is 5.32 Å². The fraction of sp³-hybridized carbons (Fsp3) is 0.250. The smallest absolute Gasteiger partial charge is 0.255 e. The van der Waals surface area contributed by atoms with Crippen LogP contribution in [-0.4, -0.2) is 10.9 Å². The molecule has 3 rings (SSSR count). The van der Waals surface area contributed by atoms with Gasteiger partial charge in [-0.15, -0.1) is 0 Å². The van der Waals surface area contributed by atoms with Crippen LogP contribution in [0.3, 0.4) is 0 Å². The number of amides is 1. The molecular weight excluding hydrogens is 272 g/mol. The van der Waals surface area contributed by atoms with Gasteiger partial charge in [-0.3, -0.25) is 4.79 Å². The summed E-state index contributed by atoms with van der Waals surface area (Å²) in [6.07, 6.45) is 4.09. The Labute approximate surface area is 123 Å². The van der Waals surface area contributed by atoms with Crippen LogP contribution in [0.25, 0.3) is 0 Å². The molecule has 1 N–H and O–H groups in total. The average molecular weight is 287 g/mol. The number of aromatic nitrogens is 1.